The van der Waals surface area contributed by atoms with Crippen LogP contribution in [0.2, 0.25) is 0 Å². The number of carbonyl (C=O) groups is 1. The average Bonchev–Trinajstić information content (AvgIpc) is 2.48. The van der Waals surface area contributed by atoms with Crippen LogP contribution < -0.4 is 9.80 Å². The summed E-state index contributed by atoms with van der Waals surface area (Å²) in [5, 5.41) is 0. The molecule has 0 radical (unpaired) electrons. The zero-order chi connectivity index (χ0) is 14.1. The quantitative estimate of drug-likeness (QED) is 0.806. The summed E-state index contributed by atoms with van der Waals surface area (Å²) in [5.41, 5.74) is 2.48. The predicted octanol–water partition coefficient (Wildman–Crippen LogP) is 2.94. The summed E-state index contributed by atoms with van der Waals surface area (Å²) in [4.78, 5) is 20.8. The highest BCUT2D eigenvalue weighted by Crippen LogP contribution is 2.32. The first-order chi connectivity index (χ1) is 9.66. The Kier molecular flexibility index (Phi) is 3.44. The van der Waals surface area contributed by atoms with E-state index < -0.39 is 0 Å². The number of amides is 1. The molecule has 0 aliphatic carbocycles. The van der Waals surface area contributed by atoms with Crippen molar-refractivity contribution in [2.24, 2.45) is 0 Å². The summed E-state index contributed by atoms with van der Waals surface area (Å²) >= 11 is 3.33. The molecule has 2 heterocycles. The van der Waals surface area contributed by atoms with Crippen LogP contribution in [0.25, 0.3) is 0 Å². The molecule has 0 atom stereocenters. The van der Waals surface area contributed by atoms with Gasteiger partial charge in [0, 0.05) is 30.8 Å². The minimum atomic E-state index is -0.0574. The predicted molar refractivity (Wildman–Crippen MR) is 83.3 cm³/mol. The molecule has 0 unspecified atom stereocenters. The van der Waals surface area contributed by atoms with Gasteiger partial charge in [0.05, 0.1) is 11.4 Å². The molecule has 0 saturated carbocycles. The van der Waals surface area contributed by atoms with Gasteiger partial charge in [-0.15, -0.1) is 0 Å². The van der Waals surface area contributed by atoms with Gasteiger partial charge >= 0.3 is 0 Å². The number of hydrogen-bond acceptors (Lipinski definition) is 3. The lowest BCUT2D eigenvalue weighted by Gasteiger charge is -2.35. The molecular formula is C15H14BrN3O. The molecule has 102 valence electrons. The number of nitrogens with zero attached hydrogens (tertiary/aromatic N) is 3. The van der Waals surface area contributed by atoms with E-state index in [1.165, 1.54) is 0 Å². The van der Waals surface area contributed by atoms with Crippen molar-refractivity contribution in [3.05, 3.63) is 52.8 Å². The Hall–Kier alpha value is -1.88. The summed E-state index contributed by atoms with van der Waals surface area (Å²) in [6.07, 6.45) is 1.65. The highest BCUT2D eigenvalue weighted by Gasteiger charge is 2.26. The van der Waals surface area contributed by atoms with Gasteiger partial charge in [-0.05, 0) is 40.2 Å². The largest absolute Gasteiger partial charge is 0.371 e. The molecule has 0 bridgehead atoms. The van der Waals surface area contributed by atoms with E-state index in [-0.39, 0.29) is 5.91 Å². The van der Waals surface area contributed by atoms with E-state index in [0.717, 1.165) is 22.4 Å². The number of anilines is 2. The fourth-order valence-corrected chi connectivity index (χ4v) is 2.59. The van der Waals surface area contributed by atoms with E-state index >= 15 is 0 Å². The summed E-state index contributed by atoms with van der Waals surface area (Å²) in [5.74, 6) is -0.0574. The molecule has 0 saturated heterocycles. The summed E-state index contributed by atoms with van der Waals surface area (Å²) in [7, 11) is 2.04. The monoisotopic (exact) mass is 331 g/mol. The first kappa shape index (κ1) is 13.1. The fraction of sp³-hybridized carbons (Fsp3) is 0.200. The lowest BCUT2D eigenvalue weighted by Crippen LogP contribution is -2.42. The number of hydrogen-bond donors (Lipinski definition) is 0. The Balaban J connectivity index is 1.97. The van der Waals surface area contributed by atoms with Crippen molar-refractivity contribution in [3.8, 4) is 0 Å². The van der Waals surface area contributed by atoms with Crippen LogP contribution in [0.15, 0.2) is 47.1 Å². The Labute approximate surface area is 126 Å². The number of aromatic nitrogens is 1. The van der Waals surface area contributed by atoms with Crippen LogP contribution in [-0.2, 0) is 0 Å². The second-order valence-electron chi connectivity index (χ2n) is 4.73. The Morgan fingerprint density at radius 2 is 1.90 bits per heavy atom. The zero-order valence-electron chi connectivity index (χ0n) is 11.1. The lowest BCUT2D eigenvalue weighted by molar-refractivity contribution is 0.0982. The first-order valence-electron chi connectivity index (χ1n) is 6.40. The molecule has 1 aliphatic heterocycles. The minimum Gasteiger partial charge on any atom is -0.371 e. The molecule has 5 heteroatoms. The molecule has 1 amide bonds. The molecule has 1 aromatic heterocycles. The van der Waals surface area contributed by atoms with Gasteiger partial charge in [0.2, 0.25) is 0 Å². The average molecular weight is 332 g/mol. The minimum absolute atomic E-state index is 0.0574. The van der Waals surface area contributed by atoms with Gasteiger partial charge in [-0.1, -0.05) is 12.1 Å². The molecule has 4 nitrogen and oxygen atoms in total. The zero-order valence-corrected chi connectivity index (χ0v) is 12.7. The third kappa shape index (κ3) is 2.29. The van der Waals surface area contributed by atoms with Crippen LogP contribution >= 0.6 is 15.9 Å². The molecule has 0 spiro atoms. The van der Waals surface area contributed by atoms with Crippen molar-refractivity contribution in [1.29, 1.82) is 0 Å². The number of benzene rings is 1. The molecule has 3 rings (SSSR count). The van der Waals surface area contributed by atoms with E-state index in [1.54, 1.807) is 17.2 Å². The van der Waals surface area contributed by atoms with Crippen molar-refractivity contribution in [1.82, 2.24) is 4.98 Å². The molecule has 0 N–H and O–H groups in total. The standard InChI is InChI=1S/C15H14BrN3O/c1-18-8-9-19(14-5-3-2-4-13(14)18)15(20)12-7-6-11(16)10-17-12/h2-7,10H,8-9H2,1H3. The van der Waals surface area contributed by atoms with E-state index in [1.807, 2.05) is 37.4 Å². The highest BCUT2D eigenvalue weighted by atomic mass is 79.9. The normalized spacial score (nSPS) is 14.1. The van der Waals surface area contributed by atoms with E-state index in [4.69, 9.17) is 0 Å². The molecule has 2 aromatic rings. The van der Waals surface area contributed by atoms with Crippen LogP contribution in [0, 0.1) is 0 Å². The van der Waals surface area contributed by atoms with E-state index in [2.05, 4.69) is 25.8 Å². The van der Waals surface area contributed by atoms with Crippen molar-refractivity contribution >= 4 is 33.2 Å². The number of rotatable bonds is 1. The number of halogens is 1. The SMILES string of the molecule is CN1CCN(C(=O)c2ccc(Br)cn2)c2ccccc21. The van der Waals surface area contributed by atoms with Crippen LogP contribution in [0.5, 0.6) is 0 Å². The van der Waals surface area contributed by atoms with Gasteiger partial charge in [-0.25, -0.2) is 4.98 Å². The Morgan fingerprint density at radius 3 is 2.60 bits per heavy atom. The smallest absolute Gasteiger partial charge is 0.276 e. The van der Waals surface area contributed by atoms with Crippen LogP contribution in [0.4, 0.5) is 11.4 Å². The van der Waals surface area contributed by atoms with Gasteiger partial charge in [-0.3, -0.25) is 4.79 Å². The van der Waals surface area contributed by atoms with Crippen molar-refractivity contribution in [2.45, 2.75) is 0 Å². The number of fused-ring (bicyclic) bond motifs is 1. The number of likely N-dealkylation sites (N-methyl/N-ethyl adjacent to an activating group) is 1. The maximum Gasteiger partial charge on any atom is 0.276 e. The van der Waals surface area contributed by atoms with E-state index in [9.17, 15) is 4.79 Å². The van der Waals surface area contributed by atoms with E-state index in [0.29, 0.717) is 12.2 Å². The van der Waals surface area contributed by atoms with Gasteiger partial charge in [0.1, 0.15) is 5.69 Å². The second kappa shape index (κ2) is 5.25. The van der Waals surface area contributed by atoms with Gasteiger partial charge < -0.3 is 9.80 Å². The summed E-state index contributed by atoms with van der Waals surface area (Å²) in [6.45, 7) is 1.49. The van der Waals surface area contributed by atoms with Crippen LogP contribution in [0.1, 0.15) is 10.5 Å². The molecule has 1 aromatic carbocycles. The Bertz CT molecular complexity index is 642. The number of para-hydroxylation sites is 2. The van der Waals surface area contributed by atoms with Crippen molar-refractivity contribution < 1.29 is 4.79 Å². The van der Waals surface area contributed by atoms with Crippen LogP contribution in [0.3, 0.4) is 0 Å². The van der Waals surface area contributed by atoms with Crippen molar-refractivity contribution in [2.75, 3.05) is 29.9 Å². The van der Waals surface area contributed by atoms with Gasteiger partial charge in [0.15, 0.2) is 0 Å². The lowest BCUT2D eigenvalue weighted by atomic mass is 10.1. The summed E-state index contributed by atoms with van der Waals surface area (Å²) in [6, 6.07) is 11.5. The van der Waals surface area contributed by atoms with Crippen molar-refractivity contribution in [3.63, 3.8) is 0 Å². The van der Waals surface area contributed by atoms with Crippen LogP contribution in [-0.4, -0.2) is 31.0 Å². The maximum atomic E-state index is 12.6. The number of pyridine rings is 1. The molecule has 20 heavy (non-hydrogen) atoms. The summed E-state index contributed by atoms with van der Waals surface area (Å²) < 4.78 is 0.868. The second-order valence-corrected chi connectivity index (χ2v) is 5.64. The highest BCUT2D eigenvalue weighted by molar-refractivity contribution is 9.10. The van der Waals surface area contributed by atoms with Gasteiger partial charge in [-0.2, -0.15) is 0 Å². The Morgan fingerprint density at radius 1 is 1.15 bits per heavy atom. The maximum absolute atomic E-state index is 12.6. The molecular weight excluding hydrogens is 318 g/mol. The fourth-order valence-electron chi connectivity index (χ4n) is 2.36. The molecule has 1 aliphatic rings. The third-order valence-corrected chi connectivity index (χ3v) is 3.90. The van der Waals surface area contributed by atoms with Gasteiger partial charge in [0.25, 0.3) is 5.91 Å². The number of carbonyl (C=O) groups excluding carboxylic acids is 1. The topological polar surface area (TPSA) is 36.4 Å². The third-order valence-electron chi connectivity index (χ3n) is 3.43. The first-order valence-corrected chi connectivity index (χ1v) is 7.20. The molecule has 0 fully saturated rings.